The Morgan fingerprint density at radius 2 is 1.64 bits per heavy atom. The number of carbonyl (C=O) groups excluding carboxylic acids is 3. The first kappa shape index (κ1) is 23.4. The summed E-state index contributed by atoms with van der Waals surface area (Å²) < 4.78 is 5.52. The molecular weight excluding hydrogens is 505 g/mol. The Bertz CT molecular complexity index is 1290. The van der Waals surface area contributed by atoms with E-state index < -0.39 is 17.1 Å². The second kappa shape index (κ2) is 10.0. The van der Waals surface area contributed by atoms with Crippen molar-refractivity contribution < 1.29 is 19.1 Å². The third-order valence-electron chi connectivity index (χ3n) is 4.71. The highest BCUT2D eigenvalue weighted by Gasteiger charge is 2.35. The maximum atomic E-state index is 12.9. The van der Waals surface area contributed by atoms with E-state index in [9.17, 15) is 14.4 Å². The van der Waals surface area contributed by atoms with E-state index in [0.29, 0.717) is 31.8 Å². The van der Waals surface area contributed by atoms with Crippen LogP contribution in [0.5, 0.6) is 5.75 Å². The van der Waals surface area contributed by atoms with E-state index >= 15 is 0 Å². The predicted octanol–water partition coefficient (Wildman–Crippen LogP) is 7.10. The van der Waals surface area contributed by atoms with Gasteiger partial charge in [0.1, 0.15) is 5.75 Å². The van der Waals surface area contributed by atoms with Crippen molar-refractivity contribution in [2.45, 2.75) is 6.54 Å². The highest BCUT2D eigenvalue weighted by Crippen LogP contribution is 2.36. The number of thioether (sulfide) groups is 1. The predicted molar refractivity (Wildman–Crippen MR) is 131 cm³/mol. The van der Waals surface area contributed by atoms with Crippen molar-refractivity contribution in [1.29, 1.82) is 0 Å². The second-order valence-corrected chi connectivity index (χ2v) is 9.21. The smallest absolute Gasteiger partial charge is 0.343 e. The van der Waals surface area contributed by atoms with Crippen molar-refractivity contribution in [3.05, 3.63) is 103 Å². The third-order valence-corrected chi connectivity index (χ3v) is 6.45. The van der Waals surface area contributed by atoms with Crippen LogP contribution in [0.25, 0.3) is 6.08 Å². The van der Waals surface area contributed by atoms with Crippen molar-refractivity contribution in [3.63, 3.8) is 0 Å². The molecule has 1 saturated heterocycles. The van der Waals surface area contributed by atoms with E-state index in [1.54, 1.807) is 66.7 Å². The Balaban J connectivity index is 1.55. The van der Waals surface area contributed by atoms with E-state index in [2.05, 4.69) is 0 Å². The minimum absolute atomic E-state index is 0.0191. The summed E-state index contributed by atoms with van der Waals surface area (Å²) in [5.74, 6) is -0.780. The minimum Gasteiger partial charge on any atom is -0.422 e. The molecule has 3 aromatic rings. The number of hydrogen-bond acceptors (Lipinski definition) is 5. The number of amides is 2. The van der Waals surface area contributed by atoms with Crippen LogP contribution in [0.2, 0.25) is 15.1 Å². The zero-order chi connectivity index (χ0) is 23.5. The van der Waals surface area contributed by atoms with Crippen LogP contribution >= 0.6 is 46.6 Å². The molecule has 0 aliphatic carbocycles. The summed E-state index contributed by atoms with van der Waals surface area (Å²) in [6, 6.07) is 17.9. The zero-order valence-electron chi connectivity index (χ0n) is 16.8. The molecule has 0 bridgehead atoms. The first-order chi connectivity index (χ1) is 15.8. The number of imide groups is 1. The monoisotopic (exact) mass is 517 g/mol. The SMILES string of the molecule is O=C(Oc1ccccc1/C=C1\SC(=O)N(Cc2ccc(Cl)cc2Cl)C1=O)c1ccc(Cl)cc1. The molecule has 0 unspecified atom stereocenters. The molecule has 33 heavy (non-hydrogen) atoms. The number of esters is 1. The van der Waals surface area contributed by atoms with Gasteiger partial charge in [0.05, 0.1) is 17.0 Å². The number of para-hydroxylation sites is 1. The van der Waals surface area contributed by atoms with Crippen molar-refractivity contribution in [1.82, 2.24) is 4.90 Å². The molecule has 1 aliphatic heterocycles. The zero-order valence-corrected chi connectivity index (χ0v) is 19.8. The molecule has 4 rings (SSSR count). The number of halogens is 3. The van der Waals surface area contributed by atoms with Gasteiger partial charge in [0.2, 0.25) is 0 Å². The molecule has 0 radical (unpaired) electrons. The largest absolute Gasteiger partial charge is 0.422 e. The van der Waals surface area contributed by atoms with Gasteiger partial charge in [-0.05, 0) is 65.9 Å². The summed E-state index contributed by atoms with van der Waals surface area (Å²) in [4.78, 5) is 39.2. The summed E-state index contributed by atoms with van der Waals surface area (Å²) >= 11 is 18.8. The standard InChI is InChI=1S/C24H14Cl3NO4S/c25-17-8-5-14(6-9-17)23(30)32-20-4-2-1-3-15(20)11-21-22(29)28(24(31)33-21)13-16-7-10-18(26)12-19(16)27/h1-12H,13H2/b21-11-. The Hall–Kier alpha value is -2.77. The Labute approximate surface area is 208 Å². The molecule has 0 atom stereocenters. The van der Waals surface area contributed by atoms with Gasteiger partial charge in [-0.1, -0.05) is 59.1 Å². The highest BCUT2D eigenvalue weighted by atomic mass is 35.5. The van der Waals surface area contributed by atoms with Crippen molar-refractivity contribution in [2.24, 2.45) is 0 Å². The van der Waals surface area contributed by atoms with Crippen LogP contribution < -0.4 is 4.74 Å². The minimum atomic E-state index is -0.571. The number of rotatable bonds is 5. The van der Waals surface area contributed by atoms with Crippen LogP contribution in [0.15, 0.2) is 71.6 Å². The topological polar surface area (TPSA) is 63.7 Å². The summed E-state index contributed by atoms with van der Waals surface area (Å²) in [5.41, 5.74) is 1.41. The molecule has 0 spiro atoms. The van der Waals surface area contributed by atoms with Gasteiger partial charge in [-0.3, -0.25) is 14.5 Å². The van der Waals surface area contributed by atoms with Crippen LogP contribution in [0, 0.1) is 0 Å². The maximum Gasteiger partial charge on any atom is 0.343 e. The van der Waals surface area contributed by atoms with Crippen LogP contribution in [0.1, 0.15) is 21.5 Å². The van der Waals surface area contributed by atoms with Gasteiger partial charge in [0.15, 0.2) is 0 Å². The van der Waals surface area contributed by atoms with Crippen LogP contribution in [0.4, 0.5) is 4.79 Å². The number of hydrogen-bond donors (Lipinski definition) is 0. The average molecular weight is 519 g/mol. The summed E-state index contributed by atoms with van der Waals surface area (Å²) in [6.45, 7) is 0.0191. The maximum absolute atomic E-state index is 12.9. The Kier molecular flexibility index (Phi) is 7.10. The molecule has 1 aliphatic rings. The molecular formula is C24H14Cl3NO4S. The molecule has 1 fully saturated rings. The van der Waals surface area contributed by atoms with Gasteiger partial charge < -0.3 is 4.74 Å². The molecule has 1 heterocycles. The first-order valence-electron chi connectivity index (χ1n) is 9.58. The van der Waals surface area contributed by atoms with Gasteiger partial charge in [0.25, 0.3) is 11.1 Å². The number of ether oxygens (including phenoxy) is 1. The summed E-state index contributed by atoms with van der Waals surface area (Å²) in [7, 11) is 0. The van der Waals surface area contributed by atoms with E-state index in [-0.39, 0.29) is 17.2 Å². The van der Waals surface area contributed by atoms with Crippen molar-refractivity contribution >= 4 is 69.8 Å². The van der Waals surface area contributed by atoms with E-state index in [1.165, 1.54) is 6.08 Å². The Morgan fingerprint density at radius 3 is 2.36 bits per heavy atom. The molecule has 0 saturated carbocycles. The fourth-order valence-corrected chi connectivity index (χ4v) is 4.46. The normalized spacial score (nSPS) is 14.8. The average Bonchev–Trinajstić information content (AvgIpc) is 3.04. The van der Waals surface area contributed by atoms with Gasteiger partial charge in [0, 0.05) is 20.6 Å². The molecule has 0 N–H and O–H groups in total. The van der Waals surface area contributed by atoms with Crippen LogP contribution in [0.3, 0.4) is 0 Å². The lowest BCUT2D eigenvalue weighted by molar-refractivity contribution is -0.123. The quantitative estimate of drug-likeness (QED) is 0.205. The molecule has 5 nitrogen and oxygen atoms in total. The number of benzene rings is 3. The van der Waals surface area contributed by atoms with E-state index in [0.717, 1.165) is 16.7 Å². The first-order valence-corrected chi connectivity index (χ1v) is 11.5. The van der Waals surface area contributed by atoms with Crippen molar-refractivity contribution in [2.75, 3.05) is 0 Å². The summed E-state index contributed by atoms with van der Waals surface area (Å²) in [5, 5.41) is 0.906. The van der Waals surface area contributed by atoms with E-state index in [4.69, 9.17) is 39.5 Å². The van der Waals surface area contributed by atoms with Gasteiger partial charge in [-0.15, -0.1) is 0 Å². The van der Waals surface area contributed by atoms with Crippen LogP contribution in [-0.2, 0) is 11.3 Å². The van der Waals surface area contributed by atoms with Crippen molar-refractivity contribution in [3.8, 4) is 5.75 Å². The molecule has 9 heteroatoms. The van der Waals surface area contributed by atoms with Gasteiger partial charge >= 0.3 is 5.97 Å². The number of carbonyl (C=O) groups is 3. The molecule has 0 aromatic heterocycles. The highest BCUT2D eigenvalue weighted by molar-refractivity contribution is 8.18. The van der Waals surface area contributed by atoms with Crippen LogP contribution in [-0.4, -0.2) is 22.0 Å². The molecule has 3 aromatic carbocycles. The second-order valence-electron chi connectivity index (χ2n) is 6.94. The third kappa shape index (κ3) is 5.42. The lowest BCUT2D eigenvalue weighted by Gasteiger charge is -2.13. The number of nitrogens with zero attached hydrogens (tertiary/aromatic N) is 1. The lowest BCUT2D eigenvalue weighted by Crippen LogP contribution is -2.27. The molecule has 2 amide bonds. The lowest BCUT2D eigenvalue weighted by atomic mass is 10.1. The fourth-order valence-electron chi connectivity index (χ4n) is 3.04. The Morgan fingerprint density at radius 1 is 0.939 bits per heavy atom. The van der Waals surface area contributed by atoms with E-state index in [1.807, 2.05) is 0 Å². The summed E-state index contributed by atoms with van der Waals surface area (Å²) in [6.07, 6.45) is 1.53. The molecule has 166 valence electrons. The fraction of sp³-hybridized carbons (Fsp3) is 0.0417. The van der Waals surface area contributed by atoms with Gasteiger partial charge in [-0.25, -0.2) is 4.79 Å². The van der Waals surface area contributed by atoms with Gasteiger partial charge in [-0.2, -0.15) is 0 Å².